The highest BCUT2D eigenvalue weighted by Gasteiger charge is 2.10. The van der Waals surface area contributed by atoms with Gasteiger partial charge in [-0.25, -0.2) is 4.99 Å². The highest BCUT2D eigenvalue weighted by molar-refractivity contribution is 9.12. The number of hydrogen-bond donors (Lipinski definition) is 0. The molecule has 0 amide bonds. The summed E-state index contributed by atoms with van der Waals surface area (Å²) >= 11 is 5.02. The highest BCUT2D eigenvalue weighted by atomic mass is 79.9. The summed E-state index contributed by atoms with van der Waals surface area (Å²) in [4.78, 5) is 5.55. The van der Waals surface area contributed by atoms with Crippen molar-refractivity contribution in [3.05, 3.63) is 56.4 Å². The van der Waals surface area contributed by atoms with Crippen LogP contribution in [-0.2, 0) is 0 Å². The summed E-state index contributed by atoms with van der Waals surface area (Å²) in [5.41, 5.74) is 2.79. The fourth-order valence-electron chi connectivity index (χ4n) is 1.70. The summed E-state index contributed by atoms with van der Waals surface area (Å²) < 4.78 is 0.872. The molecule has 1 aromatic carbocycles. The van der Waals surface area contributed by atoms with Crippen molar-refractivity contribution in [3.8, 4) is 6.07 Å². The molecule has 0 atom stereocenters. The predicted octanol–water partition coefficient (Wildman–Crippen LogP) is 5.37. The van der Waals surface area contributed by atoms with Crippen LogP contribution in [0.2, 0.25) is 0 Å². The molecule has 2 aromatic rings. The number of allylic oxidation sites excluding steroid dienone is 1. The largest absolute Gasteiger partial charge is 0.243 e. The highest BCUT2D eigenvalue weighted by Crippen LogP contribution is 2.34. The Morgan fingerprint density at radius 3 is 2.65 bits per heavy atom. The molecule has 0 aliphatic carbocycles. The Kier molecular flexibility index (Phi) is 4.89. The van der Waals surface area contributed by atoms with Gasteiger partial charge in [-0.05, 0) is 47.0 Å². The average Bonchev–Trinajstić information content (AvgIpc) is 2.72. The molecule has 2 rings (SSSR count). The maximum Gasteiger partial charge on any atom is 0.134 e. The smallest absolute Gasteiger partial charge is 0.134 e. The molecule has 0 spiro atoms. The molecule has 100 valence electrons. The van der Waals surface area contributed by atoms with Crippen LogP contribution in [0, 0.1) is 25.2 Å². The maximum absolute atomic E-state index is 9.17. The topological polar surface area (TPSA) is 36.1 Å². The van der Waals surface area contributed by atoms with Crippen LogP contribution in [0.4, 0.5) is 5.00 Å². The molecule has 0 bridgehead atoms. The zero-order valence-corrected chi connectivity index (χ0v) is 13.6. The van der Waals surface area contributed by atoms with Gasteiger partial charge in [0.1, 0.15) is 11.1 Å². The third-order valence-electron chi connectivity index (χ3n) is 2.89. The Bertz CT molecular complexity index is 706. The summed E-state index contributed by atoms with van der Waals surface area (Å²) in [5, 5.41) is 9.93. The number of halogens is 1. The molecule has 20 heavy (non-hydrogen) atoms. The summed E-state index contributed by atoms with van der Waals surface area (Å²) in [6.07, 6.45) is 3.72. The molecule has 0 aliphatic rings. The lowest BCUT2D eigenvalue weighted by Gasteiger charge is -1.93. The van der Waals surface area contributed by atoms with Gasteiger partial charge in [-0.1, -0.05) is 30.3 Å². The van der Waals surface area contributed by atoms with E-state index in [9.17, 15) is 0 Å². The van der Waals surface area contributed by atoms with Gasteiger partial charge in [0, 0.05) is 15.6 Å². The second kappa shape index (κ2) is 6.65. The Balaban J connectivity index is 2.24. The van der Waals surface area contributed by atoms with E-state index in [0.717, 1.165) is 25.5 Å². The van der Waals surface area contributed by atoms with E-state index in [1.54, 1.807) is 17.6 Å². The van der Waals surface area contributed by atoms with Crippen molar-refractivity contribution in [2.45, 2.75) is 13.8 Å². The van der Waals surface area contributed by atoms with Crippen molar-refractivity contribution < 1.29 is 0 Å². The number of hydrogen-bond acceptors (Lipinski definition) is 3. The van der Waals surface area contributed by atoms with Crippen LogP contribution in [0.15, 0.2) is 39.8 Å². The Hall–Kier alpha value is -1.70. The van der Waals surface area contributed by atoms with Crippen molar-refractivity contribution in [1.29, 1.82) is 5.26 Å². The minimum absolute atomic E-state index is 0.670. The molecule has 0 fully saturated rings. The number of nitriles is 1. The van der Waals surface area contributed by atoms with E-state index in [1.807, 2.05) is 50.3 Å². The molecular formula is C16H13BrN2S. The predicted molar refractivity (Wildman–Crippen MR) is 90.0 cm³/mol. The monoisotopic (exact) mass is 344 g/mol. The van der Waals surface area contributed by atoms with Crippen LogP contribution < -0.4 is 0 Å². The van der Waals surface area contributed by atoms with Crippen LogP contribution >= 0.6 is 27.3 Å². The van der Waals surface area contributed by atoms with Crippen molar-refractivity contribution in [2.24, 2.45) is 4.99 Å². The third kappa shape index (κ3) is 3.44. The molecule has 2 nitrogen and oxygen atoms in total. The molecule has 1 heterocycles. The Labute approximate surface area is 131 Å². The van der Waals surface area contributed by atoms with Gasteiger partial charge in [0.25, 0.3) is 0 Å². The van der Waals surface area contributed by atoms with Gasteiger partial charge in [0.05, 0.1) is 5.56 Å². The van der Waals surface area contributed by atoms with Crippen LogP contribution in [0.1, 0.15) is 21.6 Å². The van der Waals surface area contributed by atoms with E-state index in [1.165, 1.54) is 0 Å². The molecule has 4 heteroatoms. The van der Waals surface area contributed by atoms with Crippen molar-refractivity contribution in [3.63, 3.8) is 0 Å². The number of aryl methyl sites for hydroxylation is 1. The van der Waals surface area contributed by atoms with Crippen molar-refractivity contribution in [1.82, 2.24) is 0 Å². The maximum atomic E-state index is 9.17. The normalized spacial score (nSPS) is 11.8. The number of aliphatic imine (C=N–C) groups is 1. The van der Waals surface area contributed by atoms with E-state index in [-0.39, 0.29) is 0 Å². The average molecular weight is 345 g/mol. The van der Waals surface area contributed by atoms with Gasteiger partial charge < -0.3 is 0 Å². The summed E-state index contributed by atoms with van der Waals surface area (Å²) in [5.74, 6) is 0. The standard InChI is InChI=1S/C16H13BrN2S/c1-11-12(2)20-16(15(11)9-18)19-10-14(17)8-13-6-4-3-5-7-13/h3-8,10H,1-2H3/b14-8-,19-10+. The van der Waals surface area contributed by atoms with E-state index >= 15 is 0 Å². The van der Waals surface area contributed by atoms with Gasteiger partial charge in [-0.2, -0.15) is 5.26 Å². The Morgan fingerprint density at radius 2 is 2.00 bits per heavy atom. The minimum Gasteiger partial charge on any atom is -0.243 e. The lowest BCUT2D eigenvalue weighted by molar-refractivity contribution is 1.38. The number of rotatable bonds is 3. The number of nitrogens with zero attached hydrogens (tertiary/aromatic N) is 2. The van der Waals surface area contributed by atoms with Crippen LogP contribution in [0.5, 0.6) is 0 Å². The van der Waals surface area contributed by atoms with Gasteiger partial charge >= 0.3 is 0 Å². The second-order valence-corrected chi connectivity index (χ2v) is 6.39. The Morgan fingerprint density at radius 1 is 1.30 bits per heavy atom. The summed E-state index contributed by atoms with van der Waals surface area (Å²) in [6, 6.07) is 12.2. The molecule has 0 radical (unpaired) electrons. The van der Waals surface area contributed by atoms with Gasteiger partial charge in [-0.3, -0.25) is 0 Å². The van der Waals surface area contributed by atoms with Crippen molar-refractivity contribution in [2.75, 3.05) is 0 Å². The first-order valence-corrected chi connectivity index (χ1v) is 7.69. The molecule has 0 aliphatic heterocycles. The lowest BCUT2D eigenvalue weighted by Crippen LogP contribution is -1.77. The van der Waals surface area contributed by atoms with E-state index in [4.69, 9.17) is 5.26 Å². The van der Waals surface area contributed by atoms with Gasteiger partial charge in [-0.15, -0.1) is 11.3 Å². The van der Waals surface area contributed by atoms with E-state index in [0.29, 0.717) is 5.56 Å². The third-order valence-corrected chi connectivity index (χ3v) is 4.44. The first-order chi connectivity index (χ1) is 9.61. The molecule has 0 saturated heterocycles. The second-order valence-electron chi connectivity index (χ2n) is 4.27. The minimum atomic E-state index is 0.670. The fourth-order valence-corrected chi connectivity index (χ4v) is 3.02. The van der Waals surface area contributed by atoms with Crippen molar-refractivity contribution >= 4 is 44.6 Å². The molecule has 0 unspecified atom stereocenters. The van der Waals surface area contributed by atoms with Gasteiger partial charge in [0.2, 0.25) is 0 Å². The fraction of sp³-hybridized carbons (Fsp3) is 0.125. The number of benzene rings is 1. The zero-order chi connectivity index (χ0) is 14.5. The summed E-state index contributed by atoms with van der Waals surface area (Å²) in [6.45, 7) is 3.97. The van der Waals surface area contributed by atoms with Crippen LogP contribution in [-0.4, -0.2) is 6.21 Å². The van der Waals surface area contributed by atoms with E-state index in [2.05, 4.69) is 27.0 Å². The molecule has 0 saturated carbocycles. The lowest BCUT2D eigenvalue weighted by atomic mass is 10.2. The van der Waals surface area contributed by atoms with Crippen LogP contribution in [0.25, 0.3) is 6.08 Å². The quantitative estimate of drug-likeness (QED) is 0.689. The number of thiophene rings is 1. The van der Waals surface area contributed by atoms with Crippen LogP contribution in [0.3, 0.4) is 0 Å². The first kappa shape index (κ1) is 14.7. The first-order valence-electron chi connectivity index (χ1n) is 6.08. The molecular weight excluding hydrogens is 332 g/mol. The van der Waals surface area contributed by atoms with Gasteiger partial charge in [0.15, 0.2) is 0 Å². The van der Waals surface area contributed by atoms with E-state index < -0.39 is 0 Å². The summed E-state index contributed by atoms with van der Waals surface area (Å²) in [7, 11) is 0. The SMILES string of the molecule is Cc1sc(/N=C/C(Br)=C/c2ccccc2)c(C#N)c1C. The molecule has 1 aromatic heterocycles. The zero-order valence-electron chi connectivity index (χ0n) is 11.2. The molecule has 0 N–H and O–H groups in total.